The topological polar surface area (TPSA) is 82.7 Å². The van der Waals surface area contributed by atoms with Crippen LogP contribution in [0.15, 0.2) is 24.3 Å². The Morgan fingerprint density at radius 2 is 1.69 bits per heavy atom. The standard InChI is InChI=1S/C25H40N4O3/c1-32-22-14-12-20(13-15-22)23(29-17-6-3-7-18-29)19-27-24(30)11-8-16-26-25(31)28-21-9-4-2-5-10-21/h12-15,21,23H,2-11,16-19H2,1H3,(H,27,30)(H2,26,28,31). The van der Waals surface area contributed by atoms with E-state index >= 15 is 0 Å². The van der Waals surface area contributed by atoms with Crippen molar-refractivity contribution < 1.29 is 14.3 Å². The molecule has 1 saturated heterocycles. The van der Waals surface area contributed by atoms with Gasteiger partial charge in [0.25, 0.3) is 0 Å². The minimum atomic E-state index is -0.109. The average molecular weight is 445 g/mol. The minimum absolute atomic E-state index is 0.0370. The van der Waals surface area contributed by atoms with Crippen molar-refractivity contribution >= 4 is 11.9 Å². The average Bonchev–Trinajstić information content (AvgIpc) is 2.84. The van der Waals surface area contributed by atoms with Gasteiger partial charge in [-0.15, -0.1) is 0 Å². The Kier molecular flexibility index (Phi) is 10.1. The van der Waals surface area contributed by atoms with Gasteiger partial charge in [0.2, 0.25) is 5.91 Å². The maximum Gasteiger partial charge on any atom is 0.315 e. The number of methoxy groups -OCH3 is 1. The largest absolute Gasteiger partial charge is 0.497 e. The summed E-state index contributed by atoms with van der Waals surface area (Å²) in [5.41, 5.74) is 1.20. The second-order valence-corrected chi connectivity index (χ2v) is 9.03. The van der Waals surface area contributed by atoms with Crippen LogP contribution < -0.4 is 20.7 Å². The van der Waals surface area contributed by atoms with Gasteiger partial charge in [-0.05, 0) is 62.9 Å². The molecule has 7 heteroatoms. The summed E-state index contributed by atoms with van der Waals surface area (Å²) in [7, 11) is 1.67. The fourth-order valence-corrected chi connectivity index (χ4v) is 4.75. The zero-order valence-electron chi connectivity index (χ0n) is 19.5. The van der Waals surface area contributed by atoms with E-state index < -0.39 is 0 Å². The van der Waals surface area contributed by atoms with Crippen LogP contribution in [0.4, 0.5) is 4.79 Å². The molecule has 0 aromatic heterocycles. The van der Waals surface area contributed by atoms with Gasteiger partial charge in [0, 0.05) is 25.6 Å². The fraction of sp³-hybridized carbons (Fsp3) is 0.680. The molecule has 1 aromatic rings. The van der Waals surface area contributed by atoms with Gasteiger partial charge < -0.3 is 20.7 Å². The van der Waals surface area contributed by atoms with Gasteiger partial charge in [0.15, 0.2) is 0 Å². The highest BCUT2D eigenvalue weighted by Gasteiger charge is 2.23. The van der Waals surface area contributed by atoms with Crippen molar-refractivity contribution in [1.29, 1.82) is 0 Å². The molecule has 2 aliphatic rings. The van der Waals surface area contributed by atoms with E-state index in [1.54, 1.807) is 7.11 Å². The van der Waals surface area contributed by atoms with Gasteiger partial charge in [-0.1, -0.05) is 37.8 Å². The summed E-state index contributed by atoms with van der Waals surface area (Å²) >= 11 is 0. The maximum atomic E-state index is 12.4. The number of carbonyl (C=O) groups is 2. The van der Waals surface area contributed by atoms with Crippen molar-refractivity contribution in [3.63, 3.8) is 0 Å². The van der Waals surface area contributed by atoms with Crippen LogP contribution in [-0.4, -0.2) is 56.2 Å². The lowest BCUT2D eigenvalue weighted by atomic mass is 9.96. The monoisotopic (exact) mass is 444 g/mol. The van der Waals surface area contributed by atoms with Gasteiger partial charge in [-0.2, -0.15) is 0 Å². The number of hydrogen-bond acceptors (Lipinski definition) is 4. The second-order valence-electron chi connectivity index (χ2n) is 9.03. The normalized spacial score (nSPS) is 18.5. The summed E-state index contributed by atoms with van der Waals surface area (Å²) in [5, 5.41) is 9.05. The summed E-state index contributed by atoms with van der Waals surface area (Å²) in [4.78, 5) is 26.9. The van der Waals surface area contributed by atoms with Gasteiger partial charge in [-0.25, -0.2) is 4.79 Å². The van der Waals surface area contributed by atoms with Crippen LogP contribution in [0.1, 0.15) is 75.8 Å². The zero-order chi connectivity index (χ0) is 22.6. The number of nitrogens with one attached hydrogen (secondary N) is 3. The summed E-state index contributed by atoms with van der Waals surface area (Å²) in [6.45, 7) is 3.24. The molecule has 1 aromatic carbocycles. The molecule has 32 heavy (non-hydrogen) atoms. The number of likely N-dealkylation sites (tertiary alicyclic amines) is 1. The van der Waals surface area contributed by atoms with Gasteiger partial charge in [-0.3, -0.25) is 9.69 Å². The minimum Gasteiger partial charge on any atom is -0.497 e. The van der Waals surface area contributed by atoms with E-state index in [1.807, 2.05) is 12.1 Å². The molecule has 3 rings (SSSR count). The summed E-state index contributed by atoms with van der Waals surface area (Å²) in [6.07, 6.45) is 10.5. The first-order valence-corrected chi connectivity index (χ1v) is 12.3. The molecule has 0 radical (unpaired) electrons. The molecule has 3 N–H and O–H groups in total. The summed E-state index contributed by atoms with van der Waals surface area (Å²) in [5.74, 6) is 0.880. The van der Waals surface area contributed by atoms with Crippen molar-refractivity contribution in [3.05, 3.63) is 29.8 Å². The first kappa shape index (κ1) is 24.4. The van der Waals surface area contributed by atoms with E-state index in [4.69, 9.17) is 4.74 Å². The Bertz CT molecular complexity index is 698. The molecule has 1 heterocycles. The lowest BCUT2D eigenvalue weighted by molar-refractivity contribution is -0.121. The quantitative estimate of drug-likeness (QED) is 0.480. The van der Waals surface area contributed by atoms with E-state index in [0.717, 1.165) is 31.7 Å². The smallest absolute Gasteiger partial charge is 0.315 e. The van der Waals surface area contributed by atoms with Crippen LogP contribution >= 0.6 is 0 Å². The summed E-state index contributed by atoms with van der Waals surface area (Å²) in [6, 6.07) is 8.53. The molecule has 2 fully saturated rings. The van der Waals surface area contributed by atoms with Crippen molar-refractivity contribution in [2.45, 2.75) is 76.3 Å². The molecule has 1 aliphatic heterocycles. The number of nitrogens with zero attached hydrogens (tertiary/aromatic N) is 1. The first-order chi connectivity index (χ1) is 15.7. The molecular weight excluding hydrogens is 404 g/mol. The molecule has 178 valence electrons. The summed E-state index contributed by atoms with van der Waals surface area (Å²) < 4.78 is 5.29. The Balaban J connectivity index is 1.39. The van der Waals surface area contributed by atoms with Crippen LogP contribution in [0.2, 0.25) is 0 Å². The molecule has 3 amide bonds. The molecule has 7 nitrogen and oxygen atoms in total. The molecule has 0 bridgehead atoms. The Morgan fingerprint density at radius 3 is 2.38 bits per heavy atom. The lowest BCUT2D eigenvalue weighted by Crippen LogP contribution is -2.43. The molecule has 1 aliphatic carbocycles. The highest BCUT2D eigenvalue weighted by atomic mass is 16.5. The van der Waals surface area contributed by atoms with Crippen LogP contribution in [0, 0.1) is 0 Å². The third kappa shape index (κ3) is 8.01. The van der Waals surface area contributed by atoms with Gasteiger partial charge in [0.05, 0.1) is 13.2 Å². The second kappa shape index (κ2) is 13.3. The number of ether oxygens (including phenoxy) is 1. The lowest BCUT2D eigenvalue weighted by Gasteiger charge is -2.35. The SMILES string of the molecule is COc1ccc(C(CNC(=O)CCCNC(=O)NC2CCCCC2)N2CCCCC2)cc1. The molecule has 1 unspecified atom stereocenters. The number of benzene rings is 1. The maximum absolute atomic E-state index is 12.4. The Labute approximate surface area is 192 Å². The highest BCUT2D eigenvalue weighted by molar-refractivity contribution is 5.76. The van der Waals surface area contributed by atoms with E-state index in [9.17, 15) is 9.59 Å². The zero-order valence-corrected chi connectivity index (χ0v) is 19.5. The Hall–Kier alpha value is -2.28. The van der Waals surface area contributed by atoms with Crippen LogP contribution in [0.3, 0.4) is 0 Å². The fourth-order valence-electron chi connectivity index (χ4n) is 4.75. The van der Waals surface area contributed by atoms with Crippen molar-refractivity contribution in [1.82, 2.24) is 20.9 Å². The molecular formula is C25H40N4O3. The predicted octanol–water partition coefficient (Wildman–Crippen LogP) is 3.75. The van der Waals surface area contributed by atoms with Crippen LogP contribution in [-0.2, 0) is 4.79 Å². The third-order valence-corrected chi connectivity index (χ3v) is 6.63. The van der Waals surface area contributed by atoms with Crippen molar-refractivity contribution in [2.75, 3.05) is 33.3 Å². The highest BCUT2D eigenvalue weighted by Crippen LogP contribution is 2.26. The van der Waals surface area contributed by atoms with Crippen LogP contribution in [0.25, 0.3) is 0 Å². The number of urea groups is 1. The van der Waals surface area contributed by atoms with E-state index in [0.29, 0.717) is 32.0 Å². The first-order valence-electron chi connectivity index (χ1n) is 12.3. The van der Waals surface area contributed by atoms with E-state index in [2.05, 4.69) is 33.0 Å². The number of piperidine rings is 1. The van der Waals surface area contributed by atoms with E-state index in [-0.39, 0.29) is 18.0 Å². The van der Waals surface area contributed by atoms with Crippen molar-refractivity contribution in [2.24, 2.45) is 0 Å². The molecule has 1 atom stereocenters. The molecule has 0 spiro atoms. The van der Waals surface area contributed by atoms with E-state index in [1.165, 1.54) is 44.1 Å². The number of rotatable bonds is 10. The van der Waals surface area contributed by atoms with Gasteiger partial charge >= 0.3 is 6.03 Å². The molecule has 1 saturated carbocycles. The number of carbonyl (C=O) groups excluding carboxylic acids is 2. The third-order valence-electron chi connectivity index (χ3n) is 6.63. The number of amides is 3. The predicted molar refractivity (Wildman–Crippen MR) is 127 cm³/mol. The van der Waals surface area contributed by atoms with Gasteiger partial charge in [0.1, 0.15) is 5.75 Å². The number of hydrogen-bond donors (Lipinski definition) is 3. The Morgan fingerprint density at radius 1 is 1.00 bits per heavy atom. The van der Waals surface area contributed by atoms with Crippen molar-refractivity contribution in [3.8, 4) is 5.75 Å². The van der Waals surface area contributed by atoms with Crippen LogP contribution in [0.5, 0.6) is 5.75 Å².